The fourth-order valence-corrected chi connectivity index (χ4v) is 0.664. The summed E-state index contributed by atoms with van der Waals surface area (Å²) in [6.45, 7) is 0.826. The SMILES string of the molecule is CC(=O)C(F)(F)c1cncnc1. The molecular weight excluding hydrogens is 166 g/mol. The molecule has 0 aliphatic carbocycles. The van der Waals surface area contributed by atoms with Gasteiger partial charge < -0.3 is 0 Å². The molecule has 0 aliphatic heterocycles. The van der Waals surface area contributed by atoms with Crippen LogP contribution < -0.4 is 0 Å². The highest BCUT2D eigenvalue weighted by molar-refractivity contribution is 5.84. The first-order valence-electron chi connectivity index (χ1n) is 3.19. The number of carbonyl (C=O) groups is 1. The largest absolute Gasteiger partial charge is 0.333 e. The van der Waals surface area contributed by atoms with Crippen molar-refractivity contribution in [3.63, 3.8) is 0 Å². The number of nitrogens with zero attached hydrogens (tertiary/aromatic N) is 2. The van der Waals surface area contributed by atoms with Gasteiger partial charge in [-0.3, -0.25) is 4.79 Å². The number of halogens is 2. The van der Waals surface area contributed by atoms with Crippen molar-refractivity contribution in [3.8, 4) is 0 Å². The average Bonchev–Trinajstić information content (AvgIpc) is 2.06. The van der Waals surface area contributed by atoms with Crippen molar-refractivity contribution in [2.75, 3.05) is 0 Å². The summed E-state index contributed by atoms with van der Waals surface area (Å²) in [7, 11) is 0. The molecule has 0 spiro atoms. The van der Waals surface area contributed by atoms with Crippen molar-refractivity contribution in [1.82, 2.24) is 9.97 Å². The second kappa shape index (κ2) is 2.92. The first-order chi connectivity index (χ1) is 5.55. The van der Waals surface area contributed by atoms with E-state index in [0.717, 1.165) is 25.6 Å². The molecule has 3 nitrogen and oxygen atoms in total. The Morgan fingerprint density at radius 1 is 1.42 bits per heavy atom. The molecule has 0 radical (unpaired) electrons. The molecule has 1 aromatic rings. The van der Waals surface area contributed by atoms with Gasteiger partial charge in [0.15, 0.2) is 0 Å². The van der Waals surface area contributed by atoms with Gasteiger partial charge in [0, 0.05) is 19.3 Å². The summed E-state index contributed by atoms with van der Waals surface area (Å²) in [5.41, 5.74) is -0.475. The van der Waals surface area contributed by atoms with Crippen LogP contribution in [0, 0.1) is 0 Å². The number of Topliss-reactive ketones (excluding diaryl/α,β-unsaturated/α-hetero) is 1. The van der Waals surface area contributed by atoms with Crippen molar-refractivity contribution in [2.24, 2.45) is 0 Å². The van der Waals surface area contributed by atoms with Gasteiger partial charge >= 0.3 is 5.92 Å². The van der Waals surface area contributed by atoms with E-state index in [1.807, 2.05) is 0 Å². The second-order valence-corrected chi connectivity index (χ2v) is 2.26. The van der Waals surface area contributed by atoms with Gasteiger partial charge in [0.05, 0.1) is 5.56 Å². The normalized spacial score (nSPS) is 11.2. The molecule has 1 heterocycles. The van der Waals surface area contributed by atoms with Crippen molar-refractivity contribution in [1.29, 1.82) is 0 Å². The van der Waals surface area contributed by atoms with E-state index in [1.165, 1.54) is 0 Å². The van der Waals surface area contributed by atoms with Gasteiger partial charge in [-0.1, -0.05) is 0 Å². The molecule has 1 aromatic heterocycles. The Labute approximate surface area is 67.5 Å². The second-order valence-electron chi connectivity index (χ2n) is 2.26. The Balaban J connectivity index is 3.06. The van der Waals surface area contributed by atoms with E-state index in [0.29, 0.717) is 0 Å². The zero-order valence-electron chi connectivity index (χ0n) is 6.29. The summed E-state index contributed by atoms with van der Waals surface area (Å²) in [4.78, 5) is 17.2. The zero-order valence-corrected chi connectivity index (χ0v) is 6.29. The van der Waals surface area contributed by atoms with Crippen LogP contribution in [0.3, 0.4) is 0 Å². The van der Waals surface area contributed by atoms with Crippen LogP contribution in [0.25, 0.3) is 0 Å². The average molecular weight is 172 g/mol. The minimum Gasteiger partial charge on any atom is -0.293 e. The van der Waals surface area contributed by atoms with Gasteiger partial charge in [-0.05, 0) is 0 Å². The van der Waals surface area contributed by atoms with Crippen molar-refractivity contribution in [2.45, 2.75) is 12.8 Å². The molecule has 12 heavy (non-hydrogen) atoms. The minimum atomic E-state index is -3.47. The predicted octanol–water partition coefficient (Wildman–Crippen LogP) is 1.16. The summed E-state index contributed by atoms with van der Waals surface area (Å²) in [6, 6.07) is 0. The molecule has 0 unspecified atom stereocenters. The Kier molecular flexibility index (Phi) is 2.12. The fourth-order valence-electron chi connectivity index (χ4n) is 0.664. The lowest BCUT2D eigenvalue weighted by Gasteiger charge is -2.10. The van der Waals surface area contributed by atoms with E-state index >= 15 is 0 Å². The number of carbonyl (C=O) groups excluding carboxylic acids is 1. The zero-order chi connectivity index (χ0) is 9.19. The van der Waals surface area contributed by atoms with Crippen LogP contribution in [0.5, 0.6) is 0 Å². The maximum Gasteiger partial charge on any atom is 0.333 e. The molecule has 0 saturated heterocycles. The molecule has 0 bridgehead atoms. The quantitative estimate of drug-likeness (QED) is 0.672. The summed E-state index contributed by atoms with van der Waals surface area (Å²) < 4.78 is 25.7. The minimum absolute atomic E-state index is 0.475. The lowest BCUT2D eigenvalue weighted by Crippen LogP contribution is -2.23. The van der Waals surface area contributed by atoms with Gasteiger partial charge in [-0.25, -0.2) is 9.97 Å². The topological polar surface area (TPSA) is 42.9 Å². The highest BCUT2D eigenvalue weighted by Gasteiger charge is 2.37. The van der Waals surface area contributed by atoms with E-state index in [2.05, 4.69) is 9.97 Å². The van der Waals surface area contributed by atoms with E-state index in [9.17, 15) is 13.6 Å². The van der Waals surface area contributed by atoms with Crippen LogP contribution >= 0.6 is 0 Å². The maximum absolute atomic E-state index is 12.8. The summed E-state index contributed by atoms with van der Waals surface area (Å²) in [6.07, 6.45) is 2.97. The fraction of sp³-hybridized carbons (Fsp3) is 0.286. The summed E-state index contributed by atoms with van der Waals surface area (Å²) in [5, 5.41) is 0. The molecule has 0 saturated carbocycles. The van der Waals surface area contributed by atoms with Crippen LogP contribution in [-0.2, 0) is 10.7 Å². The van der Waals surface area contributed by atoms with E-state index in [4.69, 9.17) is 0 Å². The van der Waals surface area contributed by atoms with Crippen LogP contribution in [-0.4, -0.2) is 15.8 Å². The maximum atomic E-state index is 12.8. The Morgan fingerprint density at radius 2 is 1.92 bits per heavy atom. The molecule has 5 heteroatoms. The molecule has 1 rings (SSSR count). The van der Waals surface area contributed by atoms with E-state index in [-0.39, 0.29) is 0 Å². The Bertz CT molecular complexity index is 287. The van der Waals surface area contributed by atoms with E-state index < -0.39 is 17.3 Å². The summed E-state index contributed by atoms with van der Waals surface area (Å²) >= 11 is 0. The van der Waals surface area contributed by atoms with Crippen molar-refractivity contribution < 1.29 is 13.6 Å². The number of rotatable bonds is 2. The van der Waals surface area contributed by atoms with Crippen LogP contribution in [0.4, 0.5) is 8.78 Å². The van der Waals surface area contributed by atoms with Gasteiger partial charge in [-0.15, -0.1) is 0 Å². The molecule has 0 N–H and O–H groups in total. The van der Waals surface area contributed by atoms with Crippen LogP contribution in [0.1, 0.15) is 12.5 Å². The molecule has 0 aliphatic rings. The summed E-state index contributed by atoms with van der Waals surface area (Å²) in [5.74, 6) is -4.68. The molecule has 0 aromatic carbocycles. The van der Waals surface area contributed by atoms with Crippen LogP contribution in [0.2, 0.25) is 0 Å². The van der Waals surface area contributed by atoms with Gasteiger partial charge in [0.1, 0.15) is 6.33 Å². The van der Waals surface area contributed by atoms with E-state index in [1.54, 1.807) is 0 Å². The third-order valence-corrected chi connectivity index (χ3v) is 1.37. The van der Waals surface area contributed by atoms with Crippen molar-refractivity contribution in [3.05, 3.63) is 24.3 Å². The van der Waals surface area contributed by atoms with Gasteiger partial charge in [0.2, 0.25) is 5.78 Å². The third kappa shape index (κ3) is 1.44. The molecule has 64 valence electrons. The van der Waals surface area contributed by atoms with Crippen LogP contribution in [0.15, 0.2) is 18.7 Å². The molecular formula is C7H6F2N2O. The molecule has 0 amide bonds. The molecule has 0 atom stereocenters. The smallest absolute Gasteiger partial charge is 0.293 e. The lowest BCUT2D eigenvalue weighted by atomic mass is 10.1. The van der Waals surface area contributed by atoms with Gasteiger partial charge in [-0.2, -0.15) is 8.78 Å². The van der Waals surface area contributed by atoms with Gasteiger partial charge in [0.25, 0.3) is 0 Å². The Hall–Kier alpha value is -1.39. The predicted molar refractivity (Wildman–Crippen MR) is 36.6 cm³/mol. The third-order valence-electron chi connectivity index (χ3n) is 1.37. The van der Waals surface area contributed by atoms with Crippen molar-refractivity contribution >= 4 is 5.78 Å². The first-order valence-corrected chi connectivity index (χ1v) is 3.19. The molecule has 0 fully saturated rings. The number of hydrogen-bond acceptors (Lipinski definition) is 3. The monoisotopic (exact) mass is 172 g/mol. The number of aromatic nitrogens is 2. The standard InChI is InChI=1S/C7H6F2N2O/c1-5(12)7(8,9)6-2-10-4-11-3-6/h2-4H,1H3. The highest BCUT2D eigenvalue weighted by atomic mass is 19.3. The first kappa shape index (κ1) is 8.70. The number of alkyl halides is 2. The number of hydrogen-bond donors (Lipinski definition) is 0. The lowest BCUT2D eigenvalue weighted by molar-refractivity contribution is -0.142. The number of ketones is 1. The Morgan fingerprint density at radius 3 is 2.33 bits per heavy atom. The highest BCUT2D eigenvalue weighted by Crippen LogP contribution is 2.27.